The number of nitrogen functional groups attached to an aromatic ring is 1. The Kier molecular flexibility index (Phi) is 2.92. The lowest BCUT2D eigenvalue weighted by molar-refractivity contribution is 0.273. The molecule has 2 aromatic heterocycles. The summed E-state index contributed by atoms with van der Waals surface area (Å²) in [6, 6.07) is 0. The van der Waals surface area contributed by atoms with Gasteiger partial charge in [0, 0.05) is 17.3 Å². The summed E-state index contributed by atoms with van der Waals surface area (Å²) in [5.74, 6) is 0.193. The summed E-state index contributed by atoms with van der Waals surface area (Å²) in [5, 5.41) is 22.9. The Morgan fingerprint density at radius 2 is 2.18 bits per heavy atom. The maximum atomic E-state index is 9.77. The molecule has 17 heavy (non-hydrogen) atoms. The van der Waals surface area contributed by atoms with Crippen LogP contribution in [-0.4, -0.2) is 30.0 Å². The van der Waals surface area contributed by atoms with Gasteiger partial charge in [0.25, 0.3) is 0 Å². The Labute approximate surface area is 97.6 Å². The van der Waals surface area contributed by atoms with E-state index in [4.69, 9.17) is 5.73 Å². The van der Waals surface area contributed by atoms with Gasteiger partial charge in [-0.1, -0.05) is 0 Å². The Morgan fingerprint density at radius 3 is 2.76 bits per heavy atom. The molecule has 0 aliphatic carbocycles. The Morgan fingerprint density at radius 1 is 1.41 bits per heavy atom. The smallest absolute Gasteiger partial charge is 0.239 e. The average molecular weight is 235 g/mol. The van der Waals surface area contributed by atoms with Gasteiger partial charge in [0.15, 0.2) is 0 Å². The maximum Gasteiger partial charge on any atom is 0.239 e. The van der Waals surface area contributed by atoms with Gasteiger partial charge in [0.05, 0.1) is 18.8 Å². The van der Waals surface area contributed by atoms with Gasteiger partial charge in [-0.05, 0) is 6.92 Å². The molecule has 0 saturated carbocycles. The third-order valence-electron chi connectivity index (χ3n) is 2.47. The molecule has 0 aliphatic heterocycles. The fourth-order valence-electron chi connectivity index (χ4n) is 1.56. The summed E-state index contributed by atoms with van der Waals surface area (Å²) in [5.41, 5.74) is 7.01. The lowest BCUT2D eigenvalue weighted by atomic mass is 10.1. The van der Waals surface area contributed by atoms with E-state index in [-0.39, 0.29) is 18.3 Å². The summed E-state index contributed by atoms with van der Waals surface area (Å²) >= 11 is 0. The quantitative estimate of drug-likeness (QED) is 0.680. The minimum absolute atomic E-state index is 0.0121. The van der Waals surface area contributed by atoms with Crippen molar-refractivity contribution in [2.75, 3.05) is 5.73 Å². The topological polar surface area (TPSA) is 110 Å². The second kappa shape index (κ2) is 4.38. The van der Waals surface area contributed by atoms with Gasteiger partial charge in [-0.3, -0.25) is 4.98 Å². The number of aliphatic hydroxyl groups excluding tert-OH is 1. The zero-order valence-corrected chi connectivity index (χ0v) is 9.33. The van der Waals surface area contributed by atoms with Gasteiger partial charge in [0.2, 0.25) is 5.95 Å². The molecule has 2 aromatic rings. The standard InChI is InChI=1S/C10H13N5O2/c1-6-9(17)8(4-16)7(2-12-6)3-15-5-13-10(11)14-15/h2,5,16-17H,3-4H2,1H3,(H2,11,14). The molecule has 4 N–H and O–H groups in total. The van der Waals surface area contributed by atoms with E-state index in [0.29, 0.717) is 23.4 Å². The maximum absolute atomic E-state index is 9.77. The molecule has 0 spiro atoms. The normalized spacial score (nSPS) is 10.7. The molecule has 2 heterocycles. The molecule has 0 unspecified atom stereocenters. The average Bonchev–Trinajstić information content (AvgIpc) is 2.70. The van der Waals surface area contributed by atoms with Crippen LogP contribution in [0.5, 0.6) is 5.75 Å². The molecule has 7 heteroatoms. The third-order valence-corrected chi connectivity index (χ3v) is 2.47. The predicted molar refractivity (Wildman–Crippen MR) is 60.1 cm³/mol. The number of aliphatic hydroxyl groups is 1. The van der Waals surface area contributed by atoms with Crippen LogP contribution < -0.4 is 5.73 Å². The Balaban J connectivity index is 2.36. The second-order valence-electron chi connectivity index (χ2n) is 3.65. The van der Waals surface area contributed by atoms with E-state index in [9.17, 15) is 10.2 Å². The molecular formula is C10H13N5O2. The number of hydrogen-bond acceptors (Lipinski definition) is 6. The second-order valence-corrected chi connectivity index (χ2v) is 3.65. The number of aromatic hydroxyl groups is 1. The molecule has 7 nitrogen and oxygen atoms in total. The largest absolute Gasteiger partial charge is 0.506 e. The van der Waals surface area contributed by atoms with E-state index < -0.39 is 0 Å². The lowest BCUT2D eigenvalue weighted by Crippen LogP contribution is -2.06. The first-order valence-electron chi connectivity index (χ1n) is 5.04. The van der Waals surface area contributed by atoms with Gasteiger partial charge in [-0.2, -0.15) is 0 Å². The van der Waals surface area contributed by atoms with Crippen LogP contribution in [0.4, 0.5) is 5.95 Å². The minimum atomic E-state index is -0.255. The van der Waals surface area contributed by atoms with Crippen molar-refractivity contribution in [2.45, 2.75) is 20.1 Å². The molecule has 90 valence electrons. The summed E-state index contributed by atoms with van der Waals surface area (Å²) in [6.45, 7) is 1.77. The number of nitrogens with zero attached hydrogens (tertiary/aromatic N) is 4. The highest BCUT2D eigenvalue weighted by Crippen LogP contribution is 2.24. The molecule has 0 aromatic carbocycles. The van der Waals surface area contributed by atoms with Crippen LogP contribution in [-0.2, 0) is 13.2 Å². The SMILES string of the molecule is Cc1ncc(Cn2cnc(N)n2)c(CO)c1O. The highest BCUT2D eigenvalue weighted by Gasteiger charge is 2.11. The van der Waals surface area contributed by atoms with E-state index in [0.717, 1.165) is 0 Å². The minimum Gasteiger partial charge on any atom is -0.506 e. The van der Waals surface area contributed by atoms with Gasteiger partial charge >= 0.3 is 0 Å². The van der Waals surface area contributed by atoms with Crippen molar-refractivity contribution in [1.82, 2.24) is 19.7 Å². The lowest BCUT2D eigenvalue weighted by Gasteiger charge is -2.10. The molecule has 0 saturated heterocycles. The van der Waals surface area contributed by atoms with E-state index in [1.807, 2.05) is 0 Å². The van der Waals surface area contributed by atoms with Crippen LogP contribution in [0.2, 0.25) is 0 Å². The summed E-state index contributed by atoms with van der Waals surface area (Å²) in [6.07, 6.45) is 3.08. The molecule has 0 fully saturated rings. The fraction of sp³-hybridized carbons (Fsp3) is 0.300. The third kappa shape index (κ3) is 2.18. The predicted octanol–water partition coefficient (Wildman–Crippen LogP) is -0.190. The molecule has 0 atom stereocenters. The van der Waals surface area contributed by atoms with Crippen molar-refractivity contribution in [2.24, 2.45) is 0 Å². The van der Waals surface area contributed by atoms with Crippen molar-refractivity contribution in [3.05, 3.63) is 29.3 Å². The zero-order chi connectivity index (χ0) is 12.4. The summed E-state index contributed by atoms with van der Waals surface area (Å²) in [7, 11) is 0. The number of aromatic nitrogens is 4. The monoisotopic (exact) mass is 235 g/mol. The summed E-state index contributed by atoms with van der Waals surface area (Å²) in [4.78, 5) is 7.83. The van der Waals surface area contributed by atoms with Crippen LogP contribution in [0, 0.1) is 6.92 Å². The molecule has 0 bridgehead atoms. The first kappa shape index (κ1) is 11.3. The zero-order valence-electron chi connectivity index (χ0n) is 9.33. The number of rotatable bonds is 3. The van der Waals surface area contributed by atoms with Crippen LogP contribution in [0.1, 0.15) is 16.8 Å². The number of hydrogen-bond donors (Lipinski definition) is 3. The highest BCUT2D eigenvalue weighted by molar-refractivity contribution is 5.40. The van der Waals surface area contributed by atoms with Crippen LogP contribution in [0.25, 0.3) is 0 Å². The van der Waals surface area contributed by atoms with Crippen molar-refractivity contribution < 1.29 is 10.2 Å². The van der Waals surface area contributed by atoms with Crippen molar-refractivity contribution in [3.63, 3.8) is 0 Å². The van der Waals surface area contributed by atoms with Crippen molar-refractivity contribution >= 4 is 5.95 Å². The Hall–Kier alpha value is -2.15. The first-order chi connectivity index (χ1) is 8.11. The van der Waals surface area contributed by atoms with Crippen LogP contribution >= 0.6 is 0 Å². The fourth-order valence-corrected chi connectivity index (χ4v) is 1.56. The molecule has 0 amide bonds. The van der Waals surface area contributed by atoms with E-state index >= 15 is 0 Å². The van der Waals surface area contributed by atoms with Crippen molar-refractivity contribution in [1.29, 1.82) is 0 Å². The van der Waals surface area contributed by atoms with E-state index in [2.05, 4.69) is 15.1 Å². The number of aryl methyl sites for hydroxylation is 1. The van der Waals surface area contributed by atoms with Crippen LogP contribution in [0.3, 0.4) is 0 Å². The van der Waals surface area contributed by atoms with Gasteiger partial charge in [0.1, 0.15) is 12.1 Å². The molecule has 2 rings (SSSR count). The first-order valence-corrected chi connectivity index (χ1v) is 5.04. The van der Waals surface area contributed by atoms with E-state index in [1.54, 1.807) is 13.1 Å². The highest BCUT2D eigenvalue weighted by atomic mass is 16.3. The molecule has 0 aliphatic rings. The number of anilines is 1. The molecule has 0 radical (unpaired) electrons. The van der Waals surface area contributed by atoms with Gasteiger partial charge in [-0.15, -0.1) is 5.10 Å². The van der Waals surface area contributed by atoms with Gasteiger partial charge < -0.3 is 15.9 Å². The number of pyridine rings is 1. The van der Waals surface area contributed by atoms with Crippen LogP contribution in [0.15, 0.2) is 12.5 Å². The Bertz CT molecular complexity index is 537. The van der Waals surface area contributed by atoms with E-state index in [1.165, 1.54) is 11.0 Å². The number of nitrogens with two attached hydrogens (primary N) is 1. The summed E-state index contributed by atoms with van der Waals surface area (Å²) < 4.78 is 1.51. The van der Waals surface area contributed by atoms with Crippen molar-refractivity contribution in [3.8, 4) is 5.75 Å². The molecular weight excluding hydrogens is 222 g/mol. The van der Waals surface area contributed by atoms with Gasteiger partial charge in [-0.25, -0.2) is 9.67 Å².